The van der Waals surface area contributed by atoms with Crippen LogP contribution in [0.2, 0.25) is 5.02 Å². The lowest BCUT2D eigenvalue weighted by atomic mass is 9.94. The van der Waals surface area contributed by atoms with Gasteiger partial charge in [0.1, 0.15) is 0 Å². The largest absolute Gasteiger partial charge is 0.396 e. The zero-order valence-electron chi connectivity index (χ0n) is 13.1. The van der Waals surface area contributed by atoms with Crippen molar-refractivity contribution in [2.45, 2.75) is 45.7 Å². The van der Waals surface area contributed by atoms with Gasteiger partial charge < -0.3 is 15.3 Å². The Morgan fingerprint density at radius 3 is 2.95 bits per heavy atom. The minimum atomic E-state index is 0.288. The van der Waals surface area contributed by atoms with E-state index in [9.17, 15) is 0 Å². The number of aliphatic hydroxyl groups is 1. The van der Waals surface area contributed by atoms with Gasteiger partial charge in [-0.05, 0) is 42.9 Å². The van der Waals surface area contributed by atoms with Gasteiger partial charge in [-0.2, -0.15) is 0 Å². The number of aliphatic hydroxyl groups excluding tert-OH is 1. The molecule has 1 atom stereocenters. The summed E-state index contributed by atoms with van der Waals surface area (Å²) in [6.45, 7) is 7.58. The predicted molar refractivity (Wildman–Crippen MR) is 90.1 cm³/mol. The highest BCUT2D eigenvalue weighted by molar-refractivity contribution is 6.30. The van der Waals surface area contributed by atoms with Crippen molar-refractivity contribution in [3.8, 4) is 0 Å². The molecule has 1 heterocycles. The summed E-state index contributed by atoms with van der Waals surface area (Å²) in [6, 6.07) is 6.65. The van der Waals surface area contributed by atoms with E-state index in [2.05, 4.69) is 36.2 Å². The maximum absolute atomic E-state index is 9.17. The summed E-state index contributed by atoms with van der Waals surface area (Å²) < 4.78 is 0. The van der Waals surface area contributed by atoms with Crippen LogP contribution in [0.3, 0.4) is 0 Å². The van der Waals surface area contributed by atoms with E-state index in [1.807, 2.05) is 6.07 Å². The van der Waals surface area contributed by atoms with E-state index in [-0.39, 0.29) is 6.61 Å². The molecule has 21 heavy (non-hydrogen) atoms. The zero-order valence-corrected chi connectivity index (χ0v) is 13.9. The van der Waals surface area contributed by atoms with Crippen molar-refractivity contribution in [2.75, 3.05) is 24.6 Å². The second-order valence-electron chi connectivity index (χ2n) is 6.28. The second kappa shape index (κ2) is 8.02. The van der Waals surface area contributed by atoms with Crippen molar-refractivity contribution in [1.82, 2.24) is 5.32 Å². The van der Waals surface area contributed by atoms with Gasteiger partial charge in [0.05, 0.1) is 0 Å². The number of nitrogens with zero attached hydrogens (tertiary/aromatic N) is 1. The van der Waals surface area contributed by atoms with Gasteiger partial charge in [-0.1, -0.05) is 31.5 Å². The SMILES string of the molecule is CC(C)NCc1ccc(Cl)cc1N1CCCC(CCO)C1. The van der Waals surface area contributed by atoms with E-state index < -0.39 is 0 Å². The van der Waals surface area contributed by atoms with E-state index in [0.29, 0.717) is 12.0 Å². The molecule has 1 aromatic carbocycles. The van der Waals surface area contributed by atoms with Gasteiger partial charge in [0.25, 0.3) is 0 Å². The maximum atomic E-state index is 9.17. The van der Waals surface area contributed by atoms with E-state index >= 15 is 0 Å². The van der Waals surface area contributed by atoms with Gasteiger partial charge in [-0.3, -0.25) is 0 Å². The molecule has 0 aromatic heterocycles. The maximum Gasteiger partial charge on any atom is 0.0434 e. The molecule has 1 aliphatic rings. The minimum Gasteiger partial charge on any atom is -0.396 e. The van der Waals surface area contributed by atoms with Crippen LogP contribution >= 0.6 is 11.6 Å². The molecular formula is C17H27ClN2O. The summed E-state index contributed by atoms with van der Waals surface area (Å²) in [5.74, 6) is 0.591. The van der Waals surface area contributed by atoms with Crippen molar-refractivity contribution in [3.63, 3.8) is 0 Å². The van der Waals surface area contributed by atoms with Crippen molar-refractivity contribution in [3.05, 3.63) is 28.8 Å². The monoisotopic (exact) mass is 310 g/mol. The quantitative estimate of drug-likeness (QED) is 0.845. The molecule has 0 amide bonds. The molecule has 2 rings (SSSR count). The topological polar surface area (TPSA) is 35.5 Å². The molecule has 0 saturated carbocycles. The summed E-state index contributed by atoms with van der Waals surface area (Å²) in [4.78, 5) is 2.44. The highest BCUT2D eigenvalue weighted by atomic mass is 35.5. The normalized spacial score (nSPS) is 19.3. The van der Waals surface area contributed by atoms with Gasteiger partial charge in [-0.15, -0.1) is 0 Å². The van der Waals surface area contributed by atoms with Crippen LogP contribution in [-0.2, 0) is 6.54 Å². The van der Waals surface area contributed by atoms with Crippen molar-refractivity contribution < 1.29 is 5.11 Å². The lowest BCUT2D eigenvalue weighted by molar-refractivity contribution is 0.244. The molecule has 1 saturated heterocycles. The summed E-state index contributed by atoms with van der Waals surface area (Å²) in [7, 11) is 0. The fraction of sp³-hybridized carbons (Fsp3) is 0.647. The second-order valence-corrected chi connectivity index (χ2v) is 6.71. The third-order valence-electron chi connectivity index (χ3n) is 4.15. The van der Waals surface area contributed by atoms with Crippen LogP contribution in [0.25, 0.3) is 0 Å². The van der Waals surface area contributed by atoms with E-state index in [0.717, 1.165) is 31.1 Å². The Labute approximate surface area is 133 Å². The fourth-order valence-corrected chi connectivity index (χ4v) is 3.16. The Bertz CT molecular complexity index is 448. The van der Waals surface area contributed by atoms with Crippen LogP contribution in [-0.4, -0.2) is 30.8 Å². The third kappa shape index (κ3) is 4.87. The first-order valence-corrected chi connectivity index (χ1v) is 8.35. The minimum absolute atomic E-state index is 0.288. The number of halogens is 1. The van der Waals surface area contributed by atoms with E-state index in [1.165, 1.54) is 24.1 Å². The molecule has 0 radical (unpaired) electrons. The number of rotatable bonds is 6. The molecule has 0 spiro atoms. The predicted octanol–water partition coefficient (Wildman–Crippen LogP) is 3.44. The van der Waals surface area contributed by atoms with E-state index in [1.54, 1.807) is 0 Å². The smallest absolute Gasteiger partial charge is 0.0434 e. The van der Waals surface area contributed by atoms with Gasteiger partial charge in [0, 0.05) is 43.0 Å². The molecule has 0 aliphatic carbocycles. The molecule has 2 N–H and O–H groups in total. The average molecular weight is 311 g/mol. The van der Waals surface area contributed by atoms with E-state index in [4.69, 9.17) is 16.7 Å². The Morgan fingerprint density at radius 1 is 1.43 bits per heavy atom. The molecule has 1 unspecified atom stereocenters. The Hall–Kier alpha value is -0.770. The first-order valence-electron chi connectivity index (χ1n) is 7.97. The van der Waals surface area contributed by atoms with Gasteiger partial charge in [0.15, 0.2) is 0 Å². The lowest BCUT2D eigenvalue weighted by Gasteiger charge is -2.35. The first-order chi connectivity index (χ1) is 10.1. The van der Waals surface area contributed by atoms with Crippen LogP contribution < -0.4 is 10.2 Å². The first kappa shape index (κ1) is 16.6. The number of nitrogens with one attached hydrogen (secondary N) is 1. The van der Waals surface area contributed by atoms with Crippen molar-refractivity contribution in [2.24, 2.45) is 5.92 Å². The number of hydrogen-bond acceptors (Lipinski definition) is 3. The molecule has 0 bridgehead atoms. The van der Waals surface area contributed by atoms with Crippen LogP contribution in [0.5, 0.6) is 0 Å². The van der Waals surface area contributed by atoms with Gasteiger partial charge >= 0.3 is 0 Å². The van der Waals surface area contributed by atoms with Gasteiger partial charge in [-0.25, -0.2) is 0 Å². The molecule has 3 nitrogen and oxygen atoms in total. The number of benzene rings is 1. The number of anilines is 1. The van der Waals surface area contributed by atoms with Crippen LogP contribution in [0.1, 0.15) is 38.7 Å². The number of hydrogen-bond donors (Lipinski definition) is 2. The Balaban J connectivity index is 2.14. The van der Waals surface area contributed by atoms with Crippen molar-refractivity contribution >= 4 is 17.3 Å². The van der Waals surface area contributed by atoms with Crippen LogP contribution in [0, 0.1) is 5.92 Å². The molecule has 1 fully saturated rings. The number of piperidine rings is 1. The fourth-order valence-electron chi connectivity index (χ4n) is 3.00. The lowest BCUT2D eigenvalue weighted by Crippen LogP contribution is -2.36. The molecular weight excluding hydrogens is 284 g/mol. The highest BCUT2D eigenvalue weighted by Gasteiger charge is 2.21. The average Bonchev–Trinajstić information content (AvgIpc) is 2.46. The van der Waals surface area contributed by atoms with Crippen LogP contribution in [0.4, 0.5) is 5.69 Å². The standard InChI is InChI=1S/C17H27ClN2O/c1-13(2)19-11-15-5-6-16(18)10-17(15)20-8-3-4-14(12-20)7-9-21/h5-6,10,13-14,19,21H,3-4,7-9,11-12H2,1-2H3. The molecule has 4 heteroatoms. The highest BCUT2D eigenvalue weighted by Crippen LogP contribution is 2.30. The molecule has 1 aromatic rings. The Kier molecular flexibility index (Phi) is 6.34. The third-order valence-corrected chi connectivity index (χ3v) is 4.38. The zero-order chi connectivity index (χ0) is 15.2. The molecule has 118 valence electrons. The van der Waals surface area contributed by atoms with Crippen LogP contribution in [0.15, 0.2) is 18.2 Å². The summed E-state index contributed by atoms with van der Waals surface area (Å²) >= 11 is 6.21. The summed E-state index contributed by atoms with van der Waals surface area (Å²) in [6.07, 6.45) is 3.31. The Morgan fingerprint density at radius 2 is 2.24 bits per heavy atom. The summed E-state index contributed by atoms with van der Waals surface area (Å²) in [5.41, 5.74) is 2.55. The summed E-state index contributed by atoms with van der Waals surface area (Å²) in [5, 5.41) is 13.5. The molecule has 1 aliphatic heterocycles. The van der Waals surface area contributed by atoms with Gasteiger partial charge in [0.2, 0.25) is 0 Å². The van der Waals surface area contributed by atoms with Crippen molar-refractivity contribution in [1.29, 1.82) is 0 Å².